The summed E-state index contributed by atoms with van der Waals surface area (Å²) < 4.78 is 15.3. The van der Waals surface area contributed by atoms with Crippen molar-refractivity contribution in [3.8, 4) is 11.1 Å². The number of fused-ring (bicyclic) bond motifs is 2. The number of nitrogens with one attached hydrogen (secondary N) is 1. The van der Waals surface area contributed by atoms with E-state index in [9.17, 15) is 9.18 Å². The van der Waals surface area contributed by atoms with Crippen LogP contribution < -0.4 is 11.4 Å². The third-order valence-electron chi connectivity index (χ3n) is 4.01. The molecule has 0 fully saturated rings. The summed E-state index contributed by atoms with van der Waals surface area (Å²) in [5, 5.41) is 14.8. The first-order chi connectivity index (χ1) is 12.2. The lowest BCUT2D eigenvalue weighted by molar-refractivity contribution is 0.616. The Kier molecular flexibility index (Phi) is 4.83. The van der Waals surface area contributed by atoms with Crippen LogP contribution in [0.5, 0.6) is 0 Å². The fourth-order valence-corrected chi connectivity index (χ4v) is 2.66. The van der Waals surface area contributed by atoms with Gasteiger partial charge in [-0.1, -0.05) is 11.3 Å². The molecule has 3 heterocycles. The van der Waals surface area contributed by atoms with Crippen molar-refractivity contribution in [3.63, 3.8) is 0 Å². The van der Waals surface area contributed by atoms with Gasteiger partial charge in [-0.05, 0) is 41.0 Å². The Balaban J connectivity index is 0.00000196. The standard InChI is InChI=1S/C16H14FN7O.ClH/c17-7-10(8-18)9-24-16(25)23-4-3-12(6-15(23)21-24)11-1-2-13-14(5-11)20-22-19-13;/h1-7H,8-9,18H2,(H,19,20,22);1H/b10-7+;. The molecule has 0 bridgehead atoms. The van der Waals surface area contributed by atoms with Crippen LogP contribution in [0.15, 0.2) is 53.2 Å². The van der Waals surface area contributed by atoms with E-state index >= 15 is 0 Å². The van der Waals surface area contributed by atoms with Crippen molar-refractivity contribution in [1.82, 2.24) is 29.6 Å². The number of aromatic amines is 1. The molecule has 0 atom stereocenters. The van der Waals surface area contributed by atoms with E-state index < -0.39 is 0 Å². The fourth-order valence-electron chi connectivity index (χ4n) is 2.66. The number of hydrogen-bond acceptors (Lipinski definition) is 5. The van der Waals surface area contributed by atoms with Gasteiger partial charge in [0, 0.05) is 12.7 Å². The Morgan fingerprint density at radius 2 is 2.08 bits per heavy atom. The highest BCUT2D eigenvalue weighted by Crippen LogP contribution is 2.23. The highest BCUT2D eigenvalue weighted by atomic mass is 35.5. The Morgan fingerprint density at radius 1 is 1.27 bits per heavy atom. The van der Waals surface area contributed by atoms with Crippen LogP contribution in [0.3, 0.4) is 0 Å². The van der Waals surface area contributed by atoms with E-state index in [1.807, 2.05) is 24.3 Å². The molecule has 0 radical (unpaired) electrons. The van der Waals surface area contributed by atoms with Crippen LogP contribution in [0.25, 0.3) is 27.8 Å². The lowest BCUT2D eigenvalue weighted by Gasteiger charge is -2.01. The van der Waals surface area contributed by atoms with Gasteiger partial charge in [-0.2, -0.15) is 0 Å². The zero-order valence-corrected chi connectivity index (χ0v) is 14.3. The topological polar surface area (TPSA) is 107 Å². The number of H-pyrrole nitrogens is 1. The normalized spacial score (nSPS) is 11.8. The Labute approximate surface area is 152 Å². The maximum atomic E-state index is 12.7. The van der Waals surface area contributed by atoms with E-state index in [1.165, 1.54) is 9.08 Å². The maximum absolute atomic E-state index is 12.7. The van der Waals surface area contributed by atoms with E-state index in [1.54, 1.807) is 12.3 Å². The van der Waals surface area contributed by atoms with E-state index in [0.717, 1.165) is 22.2 Å². The van der Waals surface area contributed by atoms with Crippen LogP contribution in [-0.4, -0.2) is 36.1 Å². The predicted octanol–water partition coefficient (Wildman–Crippen LogP) is 1.67. The molecule has 0 unspecified atom stereocenters. The summed E-state index contributed by atoms with van der Waals surface area (Å²) in [6.45, 7) is 0.0505. The monoisotopic (exact) mass is 375 g/mol. The Hall–Kier alpha value is -3.04. The van der Waals surface area contributed by atoms with Crippen molar-refractivity contribution in [2.45, 2.75) is 6.54 Å². The third kappa shape index (κ3) is 2.98. The van der Waals surface area contributed by atoms with Crippen molar-refractivity contribution >= 4 is 29.1 Å². The highest BCUT2D eigenvalue weighted by molar-refractivity contribution is 5.85. The van der Waals surface area contributed by atoms with E-state index in [4.69, 9.17) is 5.73 Å². The van der Waals surface area contributed by atoms with Gasteiger partial charge in [-0.15, -0.1) is 22.6 Å². The molecule has 3 N–H and O–H groups in total. The molecule has 0 aliphatic heterocycles. The van der Waals surface area contributed by atoms with Gasteiger partial charge in [-0.3, -0.25) is 9.50 Å². The molecule has 0 saturated carbocycles. The van der Waals surface area contributed by atoms with Crippen LogP contribution in [0, 0.1) is 0 Å². The predicted molar refractivity (Wildman–Crippen MR) is 97.8 cm³/mol. The molecule has 0 aliphatic carbocycles. The SMILES string of the molecule is Cl.NC/C(=C\F)Cn1nc2cc(-c3ccc4nn[nH]c4c3)ccn2c1=O. The van der Waals surface area contributed by atoms with Gasteiger partial charge in [0.1, 0.15) is 5.52 Å². The first-order valence-electron chi connectivity index (χ1n) is 7.58. The number of pyridine rings is 1. The van der Waals surface area contributed by atoms with E-state index in [0.29, 0.717) is 17.6 Å². The first kappa shape index (κ1) is 17.8. The van der Waals surface area contributed by atoms with Crippen LogP contribution >= 0.6 is 12.4 Å². The van der Waals surface area contributed by atoms with Crippen molar-refractivity contribution in [2.24, 2.45) is 5.73 Å². The zero-order valence-electron chi connectivity index (χ0n) is 13.5. The van der Waals surface area contributed by atoms with Gasteiger partial charge in [0.25, 0.3) is 0 Å². The summed E-state index contributed by atoms with van der Waals surface area (Å²) in [7, 11) is 0. The average molecular weight is 376 g/mol. The second-order valence-corrected chi connectivity index (χ2v) is 5.60. The van der Waals surface area contributed by atoms with Crippen molar-refractivity contribution in [3.05, 3.63) is 58.9 Å². The molecule has 134 valence electrons. The molecule has 26 heavy (non-hydrogen) atoms. The summed E-state index contributed by atoms with van der Waals surface area (Å²) in [6, 6.07) is 9.33. The quantitative estimate of drug-likeness (QED) is 0.564. The molecular formula is C16H15ClFN7O. The van der Waals surface area contributed by atoms with Crippen LogP contribution in [0.4, 0.5) is 4.39 Å². The lowest BCUT2D eigenvalue weighted by atomic mass is 10.1. The summed E-state index contributed by atoms with van der Waals surface area (Å²) in [5.41, 5.74) is 9.29. The van der Waals surface area contributed by atoms with Crippen molar-refractivity contribution in [2.75, 3.05) is 6.54 Å². The number of benzene rings is 1. The molecule has 3 aromatic heterocycles. The number of nitrogens with two attached hydrogens (primary N) is 1. The van der Waals surface area contributed by atoms with Gasteiger partial charge in [0.05, 0.1) is 18.4 Å². The fraction of sp³-hybridized carbons (Fsp3) is 0.125. The van der Waals surface area contributed by atoms with Gasteiger partial charge < -0.3 is 5.73 Å². The molecule has 10 heteroatoms. The second-order valence-electron chi connectivity index (χ2n) is 5.60. The van der Waals surface area contributed by atoms with Gasteiger partial charge in [0.15, 0.2) is 5.65 Å². The minimum atomic E-state index is -0.345. The molecule has 0 amide bonds. The van der Waals surface area contributed by atoms with Gasteiger partial charge in [-0.25, -0.2) is 13.9 Å². The molecule has 0 aliphatic rings. The zero-order chi connectivity index (χ0) is 17.4. The van der Waals surface area contributed by atoms with Crippen molar-refractivity contribution in [1.29, 1.82) is 0 Å². The highest BCUT2D eigenvalue weighted by Gasteiger charge is 2.10. The summed E-state index contributed by atoms with van der Waals surface area (Å²) >= 11 is 0. The summed E-state index contributed by atoms with van der Waals surface area (Å²) in [6.07, 6.45) is 2.06. The van der Waals surface area contributed by atoms with E-state index in [2.05, 4.69) is 20.5 Å². The number of hydrogen-bond donors (Lipinski definition) is 2. The van der Waals surface area contributed by atoms with Crippen LogP contribution in [-0.2, 0) is 6.54 Å². The lowest BCUT2D eigenvalue weighted by Crippen LogP contribution is -2.23. The van der Waals surface area contributed by atoms with Gasteiger partial charge >= 0.3 is 5.69 Å². The molecule has 4 rings (SSSR count). The van der Waals surface area contributed by atoms with Gasteiger partial charge in [0.2, 0.25) is 0 Å². The molecule has 0 spiro atoms. The summed E-state index contributed by atoms with van der Waals surface area (Å²) in [4.78, 5) is 12.3. The first-order valence-corrected chi connectivity index (χ1v) is 7.58. The maximum Gasteiger partial charge on any atom is 0.350 e. The Morgan fingerprint density at radius 3 is 2.85 bits per heavy atom. The minimum absolute atomic E-state index is 0. The molecular weight excluding hydrogens is 361 g/mol. The molecule has 0 saturated heterocycles. The smallest absolute Gasteiger partial charge is 0.327 e. The molecule has 8 nitrogen and oxygen atoms in total. The number of nitrogens with zero attached hydrogens (tertiary/aromatic N) is 5. The summed E-state index contributed by atoms with van der Waals surface area (Å²) in [5.74, 6) is 0. The molecule has 1 aromatic carbocycles. The van der Waals surface area contributed by atoms with Crippen LogP contribution in [0.1, 0.15) is 0 Å². The van der Waals surface area contributed by atoms with Crippen LogP contribution in [0.2, 0.25) is 0 Å². The largest absolute Gasteiger partial charge is 0.350 e. The Bertz CT molecular complexity index is 1160. The minimum Gasteiger partial charge on any atom is -0.327 e. The number of aromatic nitrogens is 6. The van der Waals surface area contributed by atoms with E-state index in [-0.39, 0.29) is 31.2 Å². The number of rotatable bonds is 4. The number of halogens is 2. The second kappa shape index (κ2) is 7.06. The van der Waals surface area contributed by atoms with Crippen molar-refractivity contribution < 1.29 is 4.39 Å². The molecule has 4 aromatic rings. The third-order valence-corrected chi connectivity index (χ3v) is 4.01. The average Bonchev–Trinajstić information content (AvgIpc) is 3.23.